The highest BCUT2D eigenvalue weighted by Gasteiger charge is 2.71. The standard InChI is InChI=1S/C28H30Cl2N2Si4/c1-35(27-19-11-5-12-20-27)31(33(23-29)25-15-7-3-8-16-25)36(2,28-21-13-6-14-22-28)32(35)34(24-30)26-17-9-4-10-18-26/h3-22H,23-24H2,1-2H3. The van der Waals surface area contributed by atoms with Gasteiger partial charge in [-0.25, -0.2) is 0 Å². The van der Waals surface area contributed by atoms with E-state index in [2.05, 4.69) is 142 Å². The lowest BCUT2D eigenvalue weighted by atomic mass is 10.4. The van der Waals surface area contributed by atoms with Gasteiger partial charge in [-0.05, 0) is 33.8 Å². The molecule has 0 aromatic heterocycles. The van der Waals surface area contributed by atoms with Crippen LogP contribution in [0, 0.1) is 0 Å². The van der Waals surface area contributed by atoms with Gasteiger partial charge in [-0.3, -0.25) is 0 Å². The first-order chi connectivity index (χ1) is 17.6. The van der Waals surface area contributed by atoms with E-state index in [1.54, 1.807) is 0 Å². The second-order valence-electron chi connectivity index (χ2n) is 9.34. The van der Waals surface area contributed by atoms with Crippen LogP contribution in [0.4, 0.5) is 0 Å². The van der Waals surface area contributed by atoms with Gasteiger partial charge in [0.25, 0.3) is 0 Å². The maximum atomic E-state index is 6.93. The Bertz CT molecular complexity index is 1160. The zero-order valence-corrected chi connectivity index (χ0v) is 26.1. The fourth-order valence-corrected chi connectivity index (χ4v) is 38.3. The first kappa shape index (κ1) is 25.9. The quantitative estimate of drug-likeness (QED) is 0.232. The number of rotatable bonds is 8. The molecular formula is C28H30Cl2N2Si4. The summed E-state index contributed by atoms with van der Waals surface area (Å²) in [6, 6.07) is 44.3. The summed E-state index contributed by atoms with van der Waals surface area (Å²) >= 11 is 13.9. The highest BCUT2D eigenvalue weighted by molar-refractivity contribution is 7.26. The minimum atomic E-state index is -2.33. The van der Waals surface area contributed by atoms with Crippen LogP contribution in [-0.4, -0.2) is 53.5 Å². The minimum absolute atomic E-state index is 0.654. The van der Waals surface area contributed by atoms with Crippen LogP contribution in [-0.2, 0) is 0 Å². The van der Waals surface area contributed by atoms with E-state index in [9.17, 15) is 0 Å². The summed E-state index contributed by atoms with van der Waals surface area (Å²) in [5.74, 6) is 0. The lowest BCUT2D eigenvalue weighted by Crippen LogP contribution is -3.03. The Morgan fingerprint density at radius 2 is 0.778 bits per heavy atom. The molecule has 1 fully saturated rings. The lowest BCUT2D eigenvalue weighted by molar-refractivity contribution is 0.662. The Morgan fingerprint density at radius 3 is 1.06 bits per heavy atom. The second kappa shape index (κ2) is 10.9. The van der Waals surface area contributed by atoms with Crippen LogP contribution >= 0.6 is 23.2 Å². The van der Waals surface area contributed by atoms with E-state index in [1.165, 1.54) is 20.7 Å². The minimum Gasteiger partial charge on any atom is -0.334 e. The average molecular weight is 578 g/mol. The van der Waals surface area contributed by atoms with Crippen LogP contribution in [0.25, 0.3) is 0 Å². The van der Waals surface area contributed by atoms with Crippen molar-refractivity contribution in [2.75, 3.05) is 11.0 Å². The molecule has 0 amide bonds. The number of alkyl halides is 2. The van der Waals surface area contributed by atoms with Crippen LogP contribution in [0.15, 0.2) is 121 Å². The molecule has 1 aliphatic heterocycles. The van der Waals surface area contributed by atoms with Gasteiger partial charge in [0, 0.05) is 11.0 Å². The summed E-state index contributed by atoms with van der Waals surface area (Å²) in [4.78, 5) is 0. The van der Waals surface area contributed by atoms with E-state index in [-0.39, 0.29) is 0 Å². The van der Waals surface area contributed by atoms with Crippen LogP contribution in [0.1, 0.15) is 0 Å². The maximum absolute atomic E-state index is 6.93. The van der Waals surface area contributed by atoms with Crippen molar-refractivity contribution in [3.8, 4) is 0 Å². The highest BCUT2D eigenvalue weighted by Crippen LogP contribution is 2.40. The topological polar surface area (TPSA) is 6.48 Å². The summed E-state index contributed by atoms with van der Waals surface area (Å²) in [6.45, 7) is 5.08. The summed E-state index contributed by atoms with van der Waals surface area (Å²) in [6.07, 6.45) is 0. The number of hydrogen-bond acceptors (Lipinski definition) is 2. The number of hydrogen-bond donors (Lipinski definition) is 0. The third kappa shape index (κ3) is 4.23. The molecule has 2 radical (unpaired) electrons. The van der Waals surface area contributed by atoms with Gasteiger partial charge in [0.15, 0.2) is 17.9 Å². The third-order valence-corrected chi connectivity index (χ3v) is 32.5. The zero-order valence-electron chi connectivity index (χ0n) is 20.6. The molecule has 0 saturated carbocycles. The molecule has 182 valence electrons. The smallest absolute Gasteiger partial charge is 0.212 e. The van der Waals surface area contributed by atoms with E-state index >= 15 is 0 Å². The lowest BCUT2D eigenvalue weighted by Gasteiger charge is -2.73. The van der Waals surface area contributed by atoms with Crippen molar-refractivity contribution in [2.24, 2.45) is 0 Å². The predicted octanol–water partition coefficient (Wildman–Crippen LogP) is 3.92. The number of benzene rings is 4. The molecule has 4 aromatic carbocycles. The van der Waals surface area contributed by atoms with Gasteiger partial charge < -0.3 is 7.79 Å². The Labute approximate surface area is 230 Å². The molecule has 0 N–H and O–H groups in total. The van der Waals surface area contributed by atoms with E-state index in [1.807, 2.05) is 0 Å². The van der Waals surface area contributed by atoms with E-state index in [4.69, 9.17) is 23.2 Å². The third-order valence-electron chi connectivity index (χ3n) is 7.39. The predicted molar refractivity (Wildman–Crippen MR) is 164 cm³/mol. The van der Waals surface area contributed by atoms with Gasteiger partial charge in [-0.1, -0.05) is 121 Å². The van der Waals surface area contributed by atoms with Crippen molar-refractivity contribution in [3.05, 3.63) is 121 Å². The molecule has 8 heteroatoms. The van der Waals surface area contributed by atoms with E-state index < -0.39 is 34.7 Å². The van der Waals surface area contributed by atoms with Crippen molar-refractivity contribution in [3.63, 3.8) is 0 Å². The molecule has 36 heavy (non-hydrogen) atoms. The molecule has 0 bridgehead atoms. The molecule has 0 aliphatic carbocycles. The van der Waals surface area contributed by atoms with Crippen molar-refractivity contribution >= 4 is 78.7 Å². The molecule has 1 heterocycles. The SMILES string of the molecule is C[Si]1(c2ccccc2)N([Si](CCl)c2ccccc2)[Si](C)(c2ccccc2)N1[Si](CCl)c1ccccc1. The molecule has 2 nitrogen and oxygen atoms in total. The first-order valence-corrected chi connectivity index (χ1v) is 21.4. The molecule has 5 rings (SSSR count). The van der Waals surface area contributed by atoms with Crippen molar-refractivity contribution in [2.45, 2.75) is 13.1 Å². The van der Waals surface area contributed by atoms with Gasteiger partial charge in [-0.2, -0.15) is 0 Å². The molecular weight excluding hydrogens is 548 g/mol. The largest absolute Gasteiger partial charge is 0.334 e. The van der Waals surface area contributed by atoms with Gasteiger partial charge in [0.1, 0.15) is 0 Å². The Balaban J connectivity index is 1.77. The normalized spacial score (nSPS) is 22.6. The summed E-state index contributed by atoms with van der Waals surface area (Å²) < 4.78 is 6.00. The second-order valence-corrected chi connectivity index (χ2v) is 25.0. The molecule has 0 unspecified atom stereocenters. The Hall–Kier alpha value is -1.75. The van der Waals surface area contributed by atoms with Gasteiger partial charge in [0.2, 0.25) is 16.8 Å². The van der Waals surface area contributed by atoms with E-state index in [0.29, 0.717) is 11.0 Å². The zero-order chi connectivity index (χ0) is 25.2. The van der Waals surface area contributed by atoms with Gasteiger partial charge >= 0.3 is 0 Å². The van der Waals surface area contributed by atoms with E-state index in [0.717, 1.165) is 0 Å². The monoisotopic (exact) mass is 576 g/mol. The highest BCUT2D eigenvalue weighted by atomic mass is 35.5. The summed E-state index contributed by atoms with van der Waals surface area (Å²) in [5, 5.41) is 5.66. The number of nitrogens with zero attached hydrogens (tertiary/aromatic N) is 2. The Morgan fingerprint density at radius 1 is 0.500 bits per heavy atom. The van der Waals surface area contributed by atoms with Gasteiger partial charge in [0.05, 0.1) is 0 Å². The summed E-state index contributed by atoms with van der Waals surface area (Å²) in [5.41, 5.74) is 1.31. The average Bonchev–Trinajstić information content (AvgIpc) is 2.96. The molecule has 0 spiro atoms. The molecule has 1 saturated heterocycles. The first-order valence-electron chi connectivity index (χ1n) is 12.2. The molecule has 4 aromatic rings. The fourth-order valence-electron chi connectivity index (χ4n) is 5.87. The fraction of sp³-hybridized carbons (Fsp3) is 0.143. The van der Waals surface area contributed by atoms with Crippen molar-refractivity contribution in [1.82, 2.24) is 7.79 Å². The maximum Gasteiger partial charge on any atom is 0.212 e. The van der Waals surface area contributed by atoms with Crippen LogP contribution < -0.4 is 20.7 Å². The van der Waals surface area contributed by atoms with Crippen LogP contribution in [0.3, 0.4) is 0 Å². The summed E-state index contributed by atoms with van der Waals surface area (Å²) in [7, 11) is -7.09. The van der Waals surface area contributed by atoms with Crippen LogP contribution in [0.5, 0.6) is 0 Å². The molecule has 0 atom stereocenters. The van der Waals surface area contributed by atoms with Crippen molar-refractivity contribution < 1.29 is 0 Å². The number of halogens is 2. The van der Waals surface area contributed by atoms with Gasteiger partial charge in [-0.15, -0.1) is 23.2 Å². The molecule has 1 aliphatic rings. The van der Waals surface area contributed by atoms with Crippen LogP contribution in [0.2, 0.25) is 13.1 Å². The van der Waals surface area contributed by atoms with Crippen molar-refractivity contribution in [1.29, 1.82) is 0 Å². The Kier molecular flexibility index (Phi) is 7.86.